The average molecular weight is 440 g/mol. The van der Waals surface area contributed by atoms with Gasteiger partial charge in [-0.1, -0.05) is 35.9 Å². The summed E-state index contributed by atoms with van der Waals surface area (Å²) >= 11 is 8.14. The molecule has 0 aliphatic heterocycles. The monoisotopic (exact) mass is 439 g/mol. The Bertz CT molecular complexity index is 1000. The Labute approximate surface area is 189 Å². The molecule has 0 fully saturated rings. The van der Waals surface area contributed by atoms with Crippen molar-refractivity contribution in [3.8, 4) is 11.1 Å². The molecule has 0 amide bonds. The van der Waals surface area contributed by atoms with Gasteiger partial charge in [-0.3, -0.25) is 4.98 Å². The fraction of sp³-hybridized carbons (Fsp3) is 0.320. The molecule has 158 valence electrons. The molecule has 2 aromatic carbocycles. The van der Waals surface area contributed by atoms with Crippen molar-refractivity contribution in [1.29, 1.82) is 0 Å². The number of pyridine rings is 1. The van der Waals surface area contributed by atoms with Crippen molar-refractivity contribution in [3.63, 3.8) is 0 Å². The van der Waals surface area contributed by atoms with E-state index in [4.69, 9.17) is 17.3 Å². The minimum atomic E-state index is -0.203. The Morgan fingerprint density at radius 2 is 1.87 bits per heavy atom. The van der Waals surface area contributed by atoms with Crippen molar-refractivity contribution in [2.45, 2.75) is 44.6 Å². The van der Waals surface area contributed by atoms with Crippen LogP contribution in [0.4, 0.5) is 0 Å². The third kappa shape index (κ3) is 5.06. The Morgan fingerprint density at radius 3 is 2.60 bits per heavy atom. The van der Waals surface area contributed by atoms with Gasteiger partial charge in [0.25, 0.3) is 0 Å². The highest BCUT2D eigenvalue weighted by Crippen LogP contribution is 2.40. The lowest BCUT2D eigenvalue weighted by Gasteiger charge is -2.38. The molecule has 3 aromatic rings. The molecule has 0 spiro atoms. The fourth-order valence-corrected chi connectivity index (χ4v) is 4.90. The number of aryl methyl sites for hydroxylation is 1. The molecular formula is C25H30ClN3S. The lowest BCUT2D eigenvalue weighted by atomic mass is 9.90. The average Bonchev–Trinajstić information content (AvgIpc) is 2.74. The number of nitrogens with two attached hydrogens (primary N) is 1. The van der Waals surface area contributed by atoms with Crippen LogP contribution < -0.4 is 5.73 Å². The molecule has 0 saturated carbocycles. The summed E-state index contributed by atoms with van der Waals surface area (Å²) in [4.78, 5) is 5.41. The van der Waals surface area contributed by atoms with Crippen LogP contribution in [0.3, 0.4) is 0 Å². The second kappa shape index (κ2) is 9.97. The zero-order valence-corrected chi connectivity index (χ0v) is 19.7. The standard InChI is InChI=1S/C25H30ClN3S/c1-18-17-28-14-12-22(18)20-8-5-9-21(16-20)25(3,4)29(15-7-13-27)30-24-11-6-10-23(26)19(24)2/h5-6,8-12,14,16-17H,7,13,15,27H2,1-4H3. The largest absolute Gasteiger partial charge is 0.330 e. The minimum absolute atomic E-state index is 0.203. The smallest absolute Gasteiger partial charge is 0.0509 e. The van der Waals surface area contributed by atoms with Crippen LogP contribution in [0.5, 0.6) is 0 Å². The van der Waals surface area contributed by atoms with Crippen LogP contribution in [0.15, 0.2) is 65.8 Å². The summed E-state index contributed by atoms with van der Waals surface area (Å²) in [7, 11) is 0. The molecule has 0 unspecified atom stereocenters. The van der Waals surface area contributed by atoms with Gasteiger partial charge in [0.15, 0.2) is 0 Å². The summed E-state index contributed by atoms with van der Waals surface area (Å²) in [6.07, 6.45) is 4.70. The highest BCUT2D eigenvalue weighted by molar-refractivity contribution is 7.97. The fourth-order valence-electron chi connectivity index (χ4n) is 3.49. The SMILES string of the molecule is Cc1cnccc1-c1cccc(C(C)(C)N(CCCN)Sc2cccc(Cl)c2C)c1. The molecule has 30 heavy (non-hydrogen) atoms. The molecule has 1 aromatic heterocycles. The van der Waals surface area contributed by atoms with Gasteiger partial charge < -0.3 is 5.73 Å². The van der Waals surface area contributed by atoms with Crippen molar-refractivity contribution in [3.05, 3.63) is 82.6 Å². The van der Waals surface area contributed by atoms with E-state index in [1.165, 1.54) is 27.1 Å². The predicted molar refractivity (Wildman–Crippen MR) is 130 cm³/mol. The van der Waals surface area contributed by atoms with Gasteiger partial charge in [-0.15, -0.1) is 0 Å². The number of nitrogens with zero attached hydrogens (tertiary/aromatic N) is 2. The maximum Gasteiger partial charge on any atom is 0.0509 e. The van der Waals surface area contributed by atoms with Crippen LogP contribution in [0.2, 0.25) is 5.02 Å². The minimum Gasteiger partial charge on any atom is -0.330 e. The maximum atomic E-state index is 6.38. The first kappa shape index (κ1) is 22.8. The van der Waals surface area contributed by atoms with Gasteiger partial charge in [-0.2, -0.15) is 0 Å². The molecule has 0 bridgehead atoms. The molecule has 0 atom stereocenters. The number of hydrogen-bond donors (Lipinski definition) is 1. The molecule has 1 heterocycles. The second-order valence-electron chi connectivity index (χ2n) is 8.03. The van der Waals surface area contributed by atoms with Gasteiger partial charge in [0.1, 0.15) is 0 Å². The highest BCUT2D eigenvalue weighted by Gasteiger charge is 2.30. The molecule has 2 N–H and O–H groups in total. The summed E-state index contributed by atoms with van der Waals surface area (Å²) in [5, 5.41) is 0.798. The highest BCUT2D eigenvalue weighted by atomic mass is 35.5. The molecule has 3 rings (SSSR count). The van der Waals surface area contributed by atoms with E-state index < -0.39 is 0 Å². The van der Waals surface area contributed by atoms with E-state index in [1.807, 2.05) is 24.5 Å². The first-order valence-electron chi connectivity index (χ1n) is 10.3. The lowest BCUT2D eigenvalue weighted by molar-refractivity contribution is 0.251. The normalized spacial score (nSPS) is 11.8. The number of benzene rings is 2. The van der Waals surface area contributed by atoms with Crippen LogP contribution in [-0.2, 0) is 5.54 Å². The lowest BCUT2D eigenvalue weighted by Crippen LogP contribution is -2.38. The van der Waals surface area contributed by atoms with E-state index in [0.717, 1.165) is 23.6 Å². The van der Waals surface area contributed by atoms with Crippen molar-refractivity contribution in [2.75, 3.05) is 13.1 Å². The van der Waals surface area contributed by atoms with Crippen LogP contribution in [0, 0.1) is 13.8 Å². The van der Waals surface area contributed by atoms with Gasteiger partial charge in [-0.25, -0.2) is 4.31 Å². The molecule has 0 saturated heterocycles. The first-order valence-corrected chi connectivity index (χ1v) is 11.4. The zero-order chi connectivity index (χ0) is 21.7. The summed E-state index contributed by atoms with van der Waals surface area (Å²) in [5.74, 6) is 0. The van der Waals surface area contributed by atoms with Crippen LogP contribution >= 0.6 is 23.5 Å². The van der Waals surface area contributed by atoms with Crippen LogP contribution in [-0.4, -0.2) is 22.4 Å². The second-order valence-corrected chi connectivity index (χ2v) is 9.50. The molecular weight excluding hydrogens is 410 g/mol. The maximum absolute atomic E-state index is 6.38. The van der Waals surface area contributed by atoms with Crippen molar-refractivity contribution in [2.24, 2.45) is 5.73 Å². The van der Waals surface area contributed by atoms with E-state index in [-0.39, 0.29) is 5.54 Å². The molecule has 0 radical (unpaired) electrons. The topological polar surface area (TPSA) is 42.2 Å². The van der Waals surface area contributed by atoms with E-state index in [2.05, 4.69) is 73.4 Å². The van der Waals surface area contributed by atoms with Crippen LogP contribution in [0.1, 0.15) is 37.0 Å². The number of aromatic nitrogens is 1. The number of hydrogen-bond acceptors (Lipinski definition) is 4. The van der Waals surface area contributed by atoms with Gasteiger partial charge in [0.2, 0.25) is 0 Å². The number of rotatable bonds is 8. The molecule has 0 aliphatic rings. The van der Waals surface area contributed by atoms with Crippen LogP contribution in [0.25, 0.3) is 11.1 Å². The Hall–Kier alpha value is -1.85. The summed E-state index contributed by atoms with van der Waals surface area (Å²) in [6, 6.07) is 17.0. The molecule has 0 aliphatic carbocycles. The van der Waals surface area contributed by atoms with E-state index in [1.54, 1.807) is 11.9 Å². The Balaban J connectivity index is 1.97. The summed E-state index contributed by atoms with van der Waals surface area (Å²) in [6.45, 7) is 10.3. The first-order chi connectivity index (χ1) is 14.3. The van der Waals surface area contributed by atoms with E-state index in [0.29, 0.717) is 6.54 Å². The number of halogens is 1. The van der Waals surface area contributed by atoms with Crippen molar-refractivity contribution in [1.82, 2.24) is 9.29 Å². The Kier molecular flexibility index (Phi) is 7.59. The van der Waals surface area contributed by atoms with Gasteiger partial charge >= 0.3 is 0 Å². The van der Waals surface area contributed by atoms with E-state index in [9.17, 15) is 0 Å². The third-order valence-corrected chi connectivity index (χ3v) is 7.42. The van der Waals surface area contributed by atoms with Gasteiger partial charge in [0, 0.05) is 28.9 Å². The molecule has 3 nitrogen and oxygen atoms in total. The molecule has 5 heteroatoms. The van der Waals surface area contributed by atoms with Crippen molar-refractivity contribution < 1.29 is 0 Å². The summed E-state index contributed by atoms with van der Waals surface area (Å²) in [5.41, 5.74) is 11.6. The third-order valence-electron chi connectivity index (χ3n) is 5.52. The van der Waals surface area contributed by atoms with Gasteiger partial charge in [0.05, 0.1) is 5.54 Å². The zero-order valence-electron chi connectivity index (χ0n) is 18.2. The summed E-state index contributed by atoms with van der Waals surface area (Å²) < 4.78 is 2.43. The quantitative estimate of drug-likeness (QED) is 0.401. The Morgan fingerprint density at radius 1 is 1.10 bits per heavy atom. The predicted octanol–water partition coefficient (Wildman–Crippen LogP) is 6.61. The van der Waals surface area contributed by atoms with E-state index >= 15 is 0 Å². The van der Waals surface area contributed by atoms with Gasteiger partial charge in [-0.05, 0) is 105 Å². The van der Waals surface area contributed by atoms with Crippen molar-refractivity contribution >= 4 is 23.5 Å².